The van der Waals surface area contributed by atoms with Crippen LogP contribution in [0.15, 0.2) is 186 Å². The van der Waals surface area contributed by atoms with Gasteiger partial charge >= 0.3 is 0 Å². The summed E-state index contributed by atoms with van der Waals surface area (Å²) in [6.07, 6.45) is 0. The molecule has 0 unspecified atom stereocenters. The van der Waals surface area contributed by atoms with E-state index in [1.54, 1.807) is 11.3 Å². The number of nitrogens with zero attached hydrogens (tertiary/aromatic N) is 4. The van der Waals surface area contributed by atoms with Gasteiger partial charge in [0.25, 0.3) is 0 Å². The smallest absolute Gasteiger partial charge is 0.164 e. The third-order valence-electron chi connectivity index (χ3n) is 11.1. The number of furan rings is 1. The maximum atomic E-state index is 6.64. The topological polar surface area (TPSA) is 56.7 Å². The molecule has 0 saturated carbocycles. The molecule has 0 atom stereocenters. The SMILES string of the molecule is c1ccc(-c2ccc3c(c2)sc2cc(-c4nc(-c5ccccc5)nc(-c5cccc6oc7cccc(-n8c9ccccc9c9ccccc98)c7c56)n4)ccc23)cc1. The Balaban J connectivity index is 1.08. The van der Waals surface area contributed by atoms with Crippen molar-refractivity contribution in [2.24, 2.45) is 0 Å². The van der Waals surface area contributed by atoms with Crippen LogP contribution in [-0.2, 0) is 0 Å². The second-order valence-electron chi connectivity index (χ2n) is 14.4. The van der Waals surface area contributed by atoms with Crippen molar-refractivity contribution in [3.63, 3.8) is 0 Å². The second-order valence-corrected chi connectivity index (χ2v) is 15.4. The van der Waals surface area contributed by atoms with Crippen molar-refractivity contribution in [1.82, 2.24) is 19.5 Å². The summed E-state index contributed by atoms with van der Waals surface area (Å²) in [6, 6.07) is 63.7. The highest BCUT2D eigenvalue weighted by Gasteiger charge is 2.22. The van der Waals surface area contributed by atoms with Crippen molar-refractivity contribution in [2.75, 3.05) is 0 Å². The molecule has 0 aliphatic carbocycles. The highest BCUT2D eigenvalue weighted by atomic mass is 32.1. The molecule has 0 aliphatic heterocycles. The predicted octanol–water partition coefficient (Wildman–Crippen LogP) is 13.9. The van der Waals surface area contributed by atoms with Gasteiger partial charge in [-0.05, 0) is 53.6 Å². The average Bonchev–Trinajstić information content (AvgIpc) is 3.96. The Morgan fingerprint density at radius 2 is 0.930 bits per heavy atom. The summed E-state index contributed by atoms with van der Waals surface area (Å²) in [6.45, 7) is 0. The Hall–Kier alpha value is -7.41. The quantitative estimate of drug-likeness (QED) is 0.176. The monoisotopic (exact) mass is 746 g/mol. The number of para-hydroxylation sites is 2. The number of hydrogen-bond donors (Lipinski definition) is 0. The first-order valence-corrected chi connectivity index (χ1v) is 19.8. The van der Waals surface area contributed by atoms with Gasteiger partial charge in [0.1, 0.15) is 11.2 Å². The Bertz CT molecular complexity index is 3470. The predicted molar refractivity (Wildman–Crippen MR) is 236 cm³/mol. The summed E-state index contributed by atoms with van der Waals surface area (Å²) in [7, 11) is 0. The van der Waals surface area contributed by atoms with Gasteiger partial charge in [-0.2, -0.15) is 0 Å². The van der Waals surface area contributed by atoms with Crippen LogP contribution in [-0.4, -0.2) is 19.5 Å². The molecule has 0 fully saturated rings. The van der Waals surface area contributed by atoms with Crippen LogP contribution in [0.5, 0.6) is 0 Å². The molecule has 57 heavy (non-hydrogen) atoms. The number of benzene rings is 8. The molecule has 0 amide bonds. The Kier molecular flexibility index (Phi) is 7.03. The fraction of sp³-hybridized carbons (Fsp3) is 0. The van der Waals surface area contributed by atoms with Crippen LogP contribution in [0.2, 0.25) is 0 Å². The Morgan fingerprint density at radius 1 is 0.386 bits per heavy atom. The van der Waals surface area contributed by atoms with Crippen molar-refractivity contribution >= 4 is 75.3 Å². The average molecular weight is 747 g/mol. The molecule has 0 aliphatic rings. The van der Waals surface area contributed by atoms with Gasteiger partial charge in [0.2, 0.25) is 0 Å². The zero-order chi connectivity index (χ0) is 37.5. The third-order valence-corrected chi connectivity index (χ3v) is 12.2. The van der Waals surface area contributed by atoms with E-state index in [2.05, 4.69) is 150 Å². The van der Waals surface area contributed by atoms with Gasteiger partial charge in [0.05, 0.1) is 22.1 Å². The fourth-order valence-electron chi connectivity index (χ4n) is 8.47. The third kappa shape index (κ3) is 5.04. The van der Waals surface area contributed by atoms with E-state index >= 15 is 0 Å². The van der Waals surface area contributed by atoms with Crippen molar-refractivity contribution in [3.8, 4) is 51.0 Å². The largest absolute Gasteiger partial charge is 0.456 e. The van der Waals surface area contributed by atoms with E-state index in [4.69, 9.17) is 19.4 Å². The second kappa shape index (κ2) is 12.6. The number of thiophene rings is 1. The summed E-state index contributed by atoms with van der Waals surface area (Å²) in [5, 5.41) is 6.87. The van der Waals surface area contributed by atoms with Gasteiger partial charge in [-0.1, -0.05) is 140 Å². The van der Waals surface area contributed by atoms with E-state index in [0.717, 1.165) is 55.3 Å². The van der Waals surface area contributed by atoms with E-state index in [1.807, 2.05) is 36.4 Å². The minimum Gasteiger partial charge on any atom is -0.456 e. The molecule has 6 heteroatoms. The molecule has 0 radical (unpaired) electrons. The van der Waals surface area contributed by atoms with E-state index < -0.39 is 0 Å². The summed E-state index contributed by atoms with van der Waals surface area (Å²) in [4.78, 5) is 15.6. The fourth-order valence-corrected chi connectivity index (χ4v) is 9.66. The molecule has 12 rings (SSSR count). The summed E-state index contributed by atoms with van der Waals surface area (Å²) >= 11 is 1.80. The van der Waals surface area contributed by atoms with E-state index in [1.165, 1.54) is 42.1 Å². The van der Waals surface area contributed by atoms with Gasteiger partial charge in [-0.15, -0.1) is 11.3 Å². The Morgan fingerprint density at radius 3 is 1.63 bits per heavy atom. The normalized spacial score (nSPS) is 11.9. The van der Waals surface area contributed by atoms with Gasteiger partial charge in [0.15, 0.2) is 17.5 Å². The molecule has 8 aromatic carbocycles. The zero-order valence-corrected chi connectivity index (χ0v) is 31.2. The van der Waals surface area contributed by atoms with Crippen LogP contribution in [0.3, 0.4) is 0 Å². The van der Waals surface area contributed by atoms with Crippen LogP contribution in [0.4, 0.5) is 0 Å². The van der Waals surface area contributed by atoms with E-state index in [-0.39, 0.29) is 0 Å². The lowest BCUT2D eigenvalue weighted by Crippen LogP contribution is -2.00. The van der Waals surface area contributed by atoms with Crippen molar-refractivity contribution in [3.05, 3.63) is 182 Å². The first kappa shape index (κ1) is 31.9. The van der Waals surface area contributed by atoms with Crippen LogP contribution < -0.4 is 0 Å². The Labute approximate surface area is 330 Å². The molecule has 0 spiro atoms. The minimum absolute atomic E-state index is 0.591. The highest BCUT2D eigenvalue weighted by Crippen LogP contribution is 2.43. The van der Waals surface area contributed by atoms with Gasteiger partial charge < -0.3 is 8.98 Å². The van der Waals surface area contributed by atoms with Crippen LogP contribution >= 0.6 is 11.3 Å². The molecule has 0 saturated heterocycles. The van der Waals surface area contributed by atoms with Crippen LogP contribution in [0.1, 0.15) is 0 Å². The molecule has 5 nitrogen and oxygen atoms in total. The summed E-state index contributed by atoms with van der Waals surface area (Å²) < 4.78 is 11.4. The molecule has 266 valence electrons. The van der Waals surface area contributed by atoms with Crippen molar-refractivity contribution in [2.45, 2.75) is 0 Å². The number of rotatable bonds is 5. The molecule has 4 heterocycles. The summed E-state index contributed by atoms with van der Waals surface area (Å²) in [5.74, 6) is 1.83. The molecular formula is C51H30N4OS. The van der Waals surface area contributed by atoms with Crippen molar-refractivity contribution in [1.29, 1.82) is 0 Å². The molecule has 0 bridgehead atoms. The van der Waals surface area contributed by atoms with Gasteiger partial charge in [0, 0.05) is 53.0 Å². The molecular weight excluding hydrogens is 717 g/mol. The maximum absolute atomic E-state index is 6.64. The van der Waals surface area contributed by atoms with Crippen LogP contribution in [0, 0.1) is 0 Å². The lowest BCUT2D eigenvalue weighted by atomic mass is 10.0. The lowest BCUT2D eigenvalue weighted by molar-refractivity contribution is 0.669. The molecule has 0 N–H and O–H groups in total. The standard InChI is InChI=1S/C51H30N4OS/c1-3-13-31(14-4-1)33-25-27-37-38-28-26-34(30-46(38)57-45(37)29-33)50-52-49(32-15-5-2-6-16-32)53-51(54-50)39-19-11-23-43-47(39)48-42(22-12-24-44(48)56-43)55-40-20-9-7-17-35(40)36-18-8-10-21-41(36)55/h1-30H. The molecule has 4 aromatic heterocycles. The van der Waals surface area contributed by atoms with E-state index in [9.17, 15) is 0 Å². The first-order valence-electron chi connectivity index (χ1n) is 19.0. The maximum Gasteiger partial charge on any atom is 0.164 e. The van der Waals surface area contributed by atoms with Crippen molar-refractivity contribution < 1.29 is 4.42 Å². The lowest BCUT2D eigenvalue weighted by Gasteiger charge is -2.12. The van der Waals surface area contributed by atoms with E-state index in [0.29, 0.717) is 17.5 Å². The van der Waals surface area contributed by atoms with Gasteiger partial charge in [-0.3, -0.25) is 0 Å². The highest BCUT2D eigenvalue weighted by molar-refractivity contribution is 7.25. The summed E-state index contributed by atoms with van der Waals surface area (Å²) in [5.41, 5.74) is 10.1. The number of aromatic nitrogens is 4. The van der Waals surface area contributed by atoms with Gasteiger partial charge in [-0.25, -0.2) is 15.0 Å². The minimum atomic E-state index is 0.591. The molecule has 12 aromatic rings. The van der Waals surface area contributed by atoms with Crippen LogP contribution in [0.25, 0.3) is 115 Å². The zero-order valence-electron chi connectivity index (χ0n) is 30.4. The number of hydrogen-bond acceptors (Lipinski definition) is 5. The number of fused-ring (bicyclic) bond motifs is 9. The first-order chi connectivity index (χ1) is 28.2.